The monoisotopic (exact) mass is 616 g/mol. The number of pyridine rings is 1. The zero-order valence-corrected chi connectivity index (χ0v) is 26.6. The lowest BCUT2D eigenvalue weighted by atomic mass is 9.64. The van der Waals surface area contributed by atoms with E-state index in [1.165, 1.54) is 0 Å². The van der Waals surface area contributed by atoms with Crippen LogP contribution in [0.5, 0.6) is 0 Å². The number of fused-ring (bicyclic) bond motifs is 3. The summed E-state index contributed by atoms with van der Waals surface area (Å²) in [5.74, 6) is -4.88. The van der Waals surface area contributed by atoms with Crippen molar-refractivity contribution in [3.05, 3.63) is 107 Å². The molecule has 0 amide bonds. The molecule has 0 unspecified atom stereocenters. The van der Waals surface area contributed by atoms with Gasteiger partial charge in [-0.15, -0.1) is 0 Å². The van der Waals surface area contributed by atoms with Crippen LogP contribution in [0.1, 0.15) is 52.9 Å². The number of ketones is 1. The molecular formula is C37H36N4O5. The third kappa shape index (κ3) is 5.21. The molecule has 234 valence electrons. The summed E-state index contributed by atoms with van der Waals surface area (Å²) in [6.45, 7) is 5.49. The van der Waals surface area contributed by atoms with E-state index in [4.69, 9.17) is 19.6 Å². The summed E-state index contributed by atoms with van der Waals surface area (Å²) < 4.78 is 13.0. The summed E-state index contributed by atoms with van der Waals surface area (Å²) in [5, 5.41) is 5.46. The van der Waals surface area contributed by atoms with Gasteiger partial charge < -0.3 is 14.4 Å². The van der Waals surface area contributed by atoms with Gasteiger partial charge in [-0.05, 0) is 56.2 Å². The topological polar surface area (TPSA) is 104 Å². The molecule has 9 heteroatoms. The molecule has 2 aromatic heterocycles. The number of Topliss-reactive ketones (excluding diaryl/α,β-unsaturated/α-hetero) is 1. The highest BCUT2D eigenvalue weighted by atomic mass is 16.5. The number of hydrogen-bond donors (Lipinski definition) is 0. The van der Waals surface area contributed by atoms with Crippen molar-refractivity contribution in [3.63, 3.8) is 0 Å². The quantitative estimate of drug-likeness (QED) is 0.149. The minimum Gasteiger partial charge on any atom is -0.466 e. The van der Waals surface area contributed by atoms with Gasteiger partial charge in [0.15, 0.2) is 11.4 Å². The average molecular weight is 617 g/mol. The highest BCUT2D eigenvalue weighted by molar-refractivity contribution is 6.18. The summed E-state index contributed by atoms with van der Waals surface area (Å²) in [4.78, 5) is 50.0. The van der Waals surface area contributed by atoms with Crippen LogP contribution in [0, 0.1) is 12.8 Å². The Labute approximate surface area is 267 Å². The number of nitrogens with zero attached hydrogens (tertiary/aromatic N) is 4. The van der Waals surface area contributed by atoms with E-state index < -0.39 is 35.5 Å². The minimum absolute atomic E-state index is 0.0835. The maximum absolute atomic E-state index is 14.9. The minimum atomic E-state index is -1.30. The van der Waals surface area contributed by atoms with Crippen LogP contribution in [0.15, 0.2) is 84.9 Å². The number of aromatic nitrogens is 3. The van der Waals surface area contributed by atoms with Crippen molar-refractivity contribution >= 4 is 34.4 Å². The normalized spacial score (nSPS) is 17.4. The predicted octanol–water partition coefficient (Wildman–Crippen LogP) is 6.27. The molecule has 0 bridgehead atoms. The van der Waals surface area contributed by atoms with Crippen LogP contribution >= 0.6 is 0 Å². The van der Waals surface area contributed by atoms with Crippen LogP contribution in [0.4, 0.5) is 5.69 Å². The van der Waals surface area contributed by atoms with Crippen molar-refractivity contribution in [2.45, 2.75) is 32.6 Å². The molecule has 0 spiro atoms. The van der Waals surface area contributed by atoms with Crippen LogP contribution in [0.2, 0.25) is 0 Å². The smallest absolute Gasteiger partial charge is 0.317 e. The third-order valence-electron chi connectivity index (χ3n) is 8.51. The van der Waals surface area contributed by atoms with E-state index in [1.807, 2.05) is 111 Å². The number of carbonyl (C=O) groups is 3. The van der Waals surface area contributed by atoms with Crippen LogP contribution in [-0.4, -0.2) is 59.8 Å². The maximum Gasteiger partial charge on any atom is 0.317 e. The molecule has 5 aromatic rings. The number of aryl methyl sites for hydroxylation is 1. The molecule has 0 radical (unpaired) electrons. The zero-order valence-electron chi connectivity index (χ0n) is 26.6. The second kappa shape index (κ2) is 12.6. The van der Waals surface area contributed by atoms with Gasteiger partial charge in [-0.3, -0.25) is 14.4 Å². The Morgan fingerprint density at radius 1 is 0.826 bits per heavy atom. The molecule has 1 aliphatic carbocycles. The zero-order chi connectivity index (χ0) is 32.5. The summed E-state index contributed by atoms with van der Waals surface area (Å²) in [6, 6.07) is 26.5. The van der Waals surface area contributed by atoms with Gasteiger partial charge in [-0.2, -0.15) is 5.10 Å². The third-order valence-corrected chi connectivity index (χ3v) is 8.51. The molecule has 0 N–H and O–H groups in total. The fraction of sp³-hybridized carbons (Fsp3) is 0.270. The first-order valence-electron chi connectivity index (χ1n) is 15.5. The second-order valence-electron chi connectivity index (χ2n) is 11.5. The number of hydrogen-bond acceptors (Lipinski definition) is 8. The number of ether oxygens (including phenoxy) is 2. The molecule has 6 rings (SSSR count). The summed E-state index contributed by atoms with van der Waals surface area (Å²) >= 11 is 0. The SMILES string of the molecule is CCOC(=O)[C@@H]1C(=O)c2c(-c3ccc(N(C)C)cc3)nc3c(c(C)nn3-c3ccccc3)c2[C@@H](C(=O)OCC)[C@H]1c1ccccc1. The number of esters is 2. The Bertz CT molecular complexity index is 1920. The van der Waals surface area contributed by atoms with Gasteiger partial charge in [0.05, 0.1) is 36.2 Å². The average Bonchev–Trinajstić information content (AvgIpc) is 3.41. The van der Waals surface area contributed by atoms with Crippen molar-refractivity contribution in [2.75, 3.05) is 32.2 Å². The molecule has 3 aromatic carbocycles. The molecule has 0 saturated carbocycles. The number of carbonyl (C=O) groups excluding carboxylic acids is 3. The summed E-state index contributed by atoms with van der Waals surface area (Å²) in [5.41, 5.74) is 5.21. The van der Waals surface area contributed by atoms with E-state index in [0.29, 0.717) is 39.1 Å². The summed E-state index contributed by atoms with van der Waals surface area (Å²) in [7, 11) is 3.90. The van der Waals surface area contributed by atoms with Gasteiger partial charge in [0.25, 0.3) is 0 Å². The van der Waals surface area contributed by atoms with Crippen molar-refractivity contribution in [2.24, 2.45) is 5.92 Å². The van der Waals surface area contributed by atoms with Crippen LogP contribution in [0.3, 0.4) is 0 Å². The largest absolute Gasteiger partial charge is 0.466 e. The van der Waals surface area contributed by atoms with Crippen LogP contribution < -0.4 is 4.90 Å². The Morgan fingerprint density at radius 2 is 1.41 bits per heavy atom. The van der Waals surface area contributed by atoms with Gasteiger partial charge in [0.1, 0.15) is 5.92 Å². The van der Waals surface area contributed by atoms with E-state index in [0.717, 1.165) is 11.4 Å². The highest BCUT2D eigenvalue weighted by Gasteiger charge is 2.53. The highest BCUT2D eigenvalue weighted by Crippen LogP contribution is 2.51. The van der Waals surface area contributed by atoms with E-state index in [1.54, 1.807) is 18.5 Å². The Kier molecular flexibility index (Phi) is 8.41. The van der Waals surface area contributed by atoms with E-state index in [-0.39, 0.29) is 18.8 Å². The molecule has 46 heavy (non-hydrogen) atoms. The molecule has 0 fully saturated rings. The molecule has 0 saturated heterocycles. The fourth-order valence-electron chi connectivity index (χ4n) is 6.52. The van der Waals surface area contributed by atoms with E-state index in [2.05, 4.69) is 0 Å². The van der Waals surface area contributed by atoms with Crippen molar-refractivity contribution in [1.29, 1.82) is 0 Å². The van der Waals surface area contributed by atoms with Gasteiger partial charge in [-0.25, -0.2) is 9.67 Å². The van der Waals surface area contributed by atoms with Crippen molar-refractivity contribution < 1.29 is 23.9 Å². The lowest BCUT2D eigenvalue weighted by Gasteiger charge is -2.37. The second-order valence-corrected chi connectivity index (χ2v) is 11.5. The fourth-order valence-corrected chi connectivity index (χ4v) is 6.52. The lowest BCUT2D eigenvalue weighted by molar-refractivity contribution is -0.150. The maximum atomic E-state index is 14.9. The first-order chi connectivity index (χ1) is 22.3. The number of anilines is 1. The molecule has 3 atom stereocenters. The first kappa shape index (κ1) is 30.7. The number of rotatable bonds is 8. The van der Waals surface area contributed by atoms with E-state index >= 15 is 0 Å². The van der Waals surface area contributed by atoms with Gasteiger partial charge in [0.2, 0.25) is 0 Å². The van der Waals surface area contributed by atoms with Crippen molar-refractivity contribution in [3.8, 4) is 16.9 Å². The Balaban J connectivity index is 1.76. The molecular weight excluding hydrogens is 580 g/mol. The van der Waals surface area contributed by atoms with Gasteiger partial charge >= 0.3 is 11.9 Å². The van der Waals surface area contributed by atoms with Crippen LogP contribution in [-0.2, 0) is 19.1 Å². The number of para-hydroxylation sites is 1. The van der Waals surface area contributed by atoms with E-state index in [9.17, 15) is 14.4 Å². The van der Waals surface area contributed by atoms with Crippen molar-refractivity contribution in [1.82, 2.24) is 14.8 Å². The number of benzene rings is 3. The molecule has 2 heterocycles. The molecule has 1 aliphatic rings. The summed E-state index contributed by atoms with van der Waals surface area (Å²) in [6.07, 6.45) is 0. The van der Waals surface area contributed by atoms with Crippen LogP contribution in [0.25, 0.3) is 28.0 Å². The first-order valence-corrected chi connectivity index (χ1v) is 15.5. The molecule has 0 aliphatic heterocycles. The predicted molar refractivity (Wildman–Crippen MR) is 176 cm³/mol. The standard InChI is InChI=1S/C37H36N4O5/c1-6-45-36(43)30-28(23-14-10-8-11-15-23)32(37(44)46-7-2)34(42)31-29(30)27-22(3)39-41(26-16-12-9-13-17-26)35(27)38-33(31)24-18-20-25(21-19-24)40(4)5/h8-21,28,30,32H,6-7H2,1-5H3/t28-,30+,32+/m1/s1. The Hall–Kier alpha value is -5.31. The Morgan fingerprint density at radius 3 is 2.00 bits per heavy atom. The van der Waals surface area contributed by atoms with Gasteiger partial charge in [-0.1, -0.05) is 60.7 Å². The van der Waals surface area contributed by atoms with Gasteiger partial charge in [0, 0.05) is 42.2 Å². The molecule has 9 nitrogen and oxygen atoms in total. The lowest BCUT2D eigenvalue weighted by Crippen LogP contribution is -2.43.